The summed E-state index contributed by atoms with van der Waals surface area (Å²) < 4.78 is 28.7. The molecular formula is C14H22N2O3S. The number of benzene rings is 1. The molecule has 1 saturated heterocycles. The molecule has 1 unspecified atom stereocenters. The van der Waals surface area contributed by atoms with Gasteiger partial charge in [0.2, 0.25) is 0 Å². The van der Waals surface area contributed by atoms with Crippen LogP contribution in [0.25, 0.3) is 0 Å². The Kier molecular flexibility index (Phi) is 5.01. The van der Waals surface area contributed by atoms with E-state index in [-0.39, 0.29) is 11.8 Å². The van der Waals surface area contributed by atoms with Gasteiger partial charge in [-0.15, -0.1) is 0 Å². The molecule has 112 valence electrons. The SMILES string of the molecule is CC1CCCCN1S(=O)(=O)NCCc1ccc(O)cc1. The third-order valence-electron chi connectivity index (χ3n) is 3.69. The lowest BCUT2D eigenvalue weighted by atomic mass is 10.1. The molecule has 0 spiro atoms. The van der Waals surface area contributed by atoms with Crippen molar-refractivity contribution in [1.29, 1.82) is 0 Å². The molecule has 1 aliphatic rings. The van der Waals surface area contributed by atoms with Crippen molar-refractivity contribution in [3.63, 3.8) is 0 Å². The van der Waals surface area contributed by atoms with E-state index in [1.54, 1.807) is 28.6 Å². The summed E-state index contributed by atoms with van der Waals surface area (Å²) in [6.45, 7) is 2.93. The molecule has 5 nitrogen and oxygen atoms in total. The van der Waals surface area contributed by atoms with E-state index in [0.29, 0.717) is 19.5 Å². The summed E-state index contributed by atoms with van der Waals surface area (Å²) in [5.74, 6) is 0.219. The molecular weight excluding hydrogens is 276 g/mol. The van der Waals surface area contributed by atoms with Gasteiger partial charge < -0.3 is 5.11 Å². The van der Waals surface area contributed by atoms with E-state index in [1.165, 1.54) is 0 Å². The summed E-state index contributed by atoms with van der Waals surface area (Å²) in [5.41, 5.74) is 0.997. The Labute approximate surface area is 120 Å². The van der Waals surface area contributed by atoms with Crippen LogP contribution >= 0.6 is 0 Å². The second kappa shape index (κ2) is 6.56. The highest BCUT2D eigenvalue weighted by molar-refractivity contribution is 7.87. The fourth-order valence-electron chi connectivity index (χ4n) is 2.50. The zero-order valence-corrected chi connectivity index (χ0v) is 12.6. The van der Waals surface area contributed by atoms with Crippen LogP contribution in [-0.4, -0.2) is 37.0 Å². The monoisotopic (exact) mass is 298 g/mol. The summed E-state index contributed by atoms with van der Waals surface area (Å²) in [4.78, 5) is 0. The zero-order chi connectivity index (χ0) is 14.6. The second-order valence-corrected chi connectivity index (χ2v) is 6.98. The molecule has 0 aliphatic carbocycles. The number of nitrogens with one attached hydrogen (secondary N) is 1. The van der Waals surface area contributed by atoms with Crippen molar-refractivity contribution in [2.45, 2.75) is 38.6 Å². The number of phenols is 1. The smallest absolute Gasteiger partial charge is 0.279 e. The van der Waals surface area contributed by atoms with Crippen molar-refractivity contribution in [2.24, 2.45) is 0 Å². The third kappa shape index (κ3) is 3.94. The van der Waals surface area contributed by atoms with Gasteiger partial charge in [0, 0.05) is 19.1 Å². The van der Waals surface area contributed by atoms with Crippen LogP contribution in [0, 0.1) is 0 Å². The van der Waals surface area contributed by atoms with Crippen LogP contribution in [0.15, 0.2) is 24.3 Å². The summed E-state index contributed by atoms with van der Waals surface area (Å²) >= 11 is 0. The Morgan fingerprint density at radius 1 is 1.30 bits per heavy atom. The van der Waals surface area contributed by atoms with Gasteiger partial charge in [-0.1, -0.05) is 18.6 Å². The predicted octanol–water partition coefficient (Wildman–Crippen LogP) is 1.64. The molecule has 6 heteroatoms. The van der Waals surface area contributed by atoms with Gasteiger partial charge in [-0.3, -0.25) is 0 Å². The predicted molar refractivity (Wildman–Crippen MR) is 78.8 cm³/mol. The van der Waals surface area contributed by atoms with E-state index < -0.39 is 10.2 Å². The number of hydrogen-bond acceptors (Lipinski definition) is 3. The Morgan fingerprint density at radius 3 is 2.65 bits per heavy atom. The Hall–Kier alpha value is -1.11. The Morgan fingerprint density at radius 2 is 2.00 bits per heavy atom. The quantitative estimate of drug-likeness (QED) is 0.868. The number of hydrogen-bond donors (Lipinski definition) is 2. The molecule has 0 bridgehead atoms. The second-order valence-electron chi connectivity index (χ2n) is 5.27. The van der Waals surface area contributed by atoms with Gasteiger partial charge in [-0.2, -0.15) is 12.7 Å². The number of rotatable bonds is 5. The fourth-order valence-corrected chi connectivity index (χ4v) is 3.97. The number of piperidine rings is 1. The topological polar surface area (TPSA) is 69.6 Å². The molecule has 0 aromatic heterocycles. The first-order valence-corrected chi connectivity index (χ1v) is 8.47. The van der Waals surface area contributed by atoms with E-state index in [9.17, 15) is 13.5 Å². The molecule has 0 amide bonds. The van der Waals surface area contributed by atoms with Crippen molar-refractivity contribution >= 4 is 10.2 Å². The lowest BCUT2D eigenvalue weighted by Crippen LogP contribution is -2.48. The maximum absolute atomic E-state index is 12.2. The van der Waals surface area contributed by atoms with E-state index in [0.717, 1.165) is 24.8 Å². The lowest BCUT2D eigenvalue weighted by molar-refractivity contribution is 0.265. The van der Waals surface area contributed by atoms with E-state index >= 15 is 0 Å². The van der Waals surface area contributed by atoms with Gasteiger partial charge in [0.15, 0.2) is 0 Å². The third-order valence-corrected chi connectivity index (χ3v) is 5.41. The molecule has 0 radical (unpaired) electrons. The first kappa shape index (κ1) is 15.3. The first-order valence-electron chi connectivity index (χ1n) is 7.03. The van der Waals surface area contributed by atoms with Crippen LogP contribution in [0.1, 0.15) is 31.7 Å². The normalized spacial score (nSPS) is 20.9. The van der Waals surface area contributed by atoms with Crippen LogP contribution in [-0.2, 0) is 16.6 Å². The van der Waals surface area contributed by atoms with Crippen LogP contribution in [0.2, 0.25) is 0 Å². The highest BCUT2D eigenvalue weighted by Crippen LogP contribution is 2.19. The standard InChI is InChI=1S/C14H22N2O3S/c1-12-4-2-3-11-16(12)20(18,19)15-10-9-13-5-7-14(17)8-6-13/h5-8,12,15,17H,2-4,9-11H2,1H3. The maximum Gasteiger partial charge on any atom is 0.279 e. The van der Waals surface area contributed by atoms with Crippen molar-refractivity contribution in [2.75, 3.05) is 13.1 Å². The minimum absolute atomic E-state index is 0.0786. The van der Waals surface area contributed by atoms with Crippen LogP contribution < -0.4 is 4.72 Å². The molecule has 1 aromatic rings. The molecule has 1 aromatic carbocycles. The minimum atomic E-state index is -3.38. The molecule has 1 heterocycles. The average Bonchev–Trinajstić information content (AvgIpc) is 2.41. The molecule has 1 aliphatic heterocycles. The van der Waals surface area contributed by atoms with E-state index in [1.807, 2.05) is 6.92 Å². The number of aromatic hydroxyl groups is 1. The van der Waals surface area contributed by atoms with Gasteiger partial charge in [-0.25, -0.2) is 4.72 Å². The highest BCUT2D eigenvalue weighted by atomic mass is 32.2. The largest absolute Gasteiger partial charge is 0.508 e. The van der Waals surface area contributed by atoms with Crippen LogP contribution in [0.4, 0.5) is 0 Å². The molecule has 1 atom stereocenters. The molecule has 20 heavy (non-hydrogen) atoms. The van der Waals surface area contributed by atoms with Gasteiger partial charge in [0.1, 0.15) is 5.75 Å². The van der Waals surface area contributed by atoms with Crippen molar-refractivity contribution < 1.29 is 13.5 Å². The molecule has 2 rings (SSSR count). The van der Waals surface area contributed by atoms with Gasteiger partial charge >= 0.3 is 0 Å². The van der Waals surface area contributed by atoms with Crippen molar-refractivity contribution in [3.8, 4) is 5.75 Å². The fraction of sp³-hybridized carbons (Fsp3) is 0.571. The Balaban J connectivity index is 1.87. The van der Waals surface area contributed by atoms with Crippen LogP contribution in [0.5, 0.6) is 5.75 Å². The number of nitrogens with zero attached hydrogens (tertiary/aromatic N) is 1. The van der Waals surface area contributed by atoms with Crippen LogP contribution in [0.3, 0.4) is 0 Å². The van der Waals surface area contributed by atoms with E-state index in [2.05, 4.69) is 4.72 Å². The minimum Gasteiger partial charge on any atom is -0.508 e. The molecule has 1 fully saturated rings. The average molecular weight is 298 g/mol. The first-order chi connectivity index (χ1) is 9.49. The summed E-state index contributed by atoms with van der Waals surface area (Å²) in [5, 5.41) is 9.19. The van der Waals surface area contributed by atoms with Crippen molar-refractivity contribution in [3.05, 3.63) is 29.8 Å². The lowest BCUT2D eigenvalue weighted by Gasteiger charge is -2.32. The van der Waals surface area contributed by atoms with Gasteiger partial charge in [-0.05, 0) is 43.9 Å². The van der Waals surface area contributed by atoms with Gasteiger partial charge in [0.25, 0.3) is 10.2 Å². The van der Waals surface area contributed by atoms with Crippen molar-refractivity contribution in [1.82, 2.24) is 9.03 Å². The highest BCUT2D eigenvalue weighted by Gasteiger charge is 2.28. The number of phenolic OH excluding ortho intramolecular Hbond substituents is 1. The summed E-state index contributed by atoms with van der Waals surface area (Å²) in [7, 11) is -3.38. The molecule has 0 saturated carbocycles. The molecule has 2 N–H and O–H groups in total. The van der Waals surface area contributed by atoms with E-state index in [4.69, 9.17) is 0 Å². The summed E-state index contributed by atoms with van der Waals surface area (Å²) in [6, 6.07) is 6.89. The van der Waals surface area contributed by atoms with Gasteiger partial charge in [0.05, 0.1) is 0 Å². The Bertz CT molecular complexity index is 528. The maximum atomic E-state index is 12.2. The summed E-state index contributed by atoms with van der Waals surface area (Å²) in [6.07, 6.45) is 3.57. The zero-order valence-electron chi connectivity index (χ0n) is 11.7.